The number of rotatable bonds is 1. The van der Waals surface area contributed by atoms with Crippen LogP contribution in [0.1, 0.15) is 0 Å². The largest absolute Gasteiger partial charge is 0.496 e. The quantitative estimate of drug-likeness (QED) is 0.244. The zero-order chi connectivity index (χ0) is 5.21. The summed E-state index contributed by atoms with van der Waals surface area (Å²) in [6.45, 7) is 0. The SMILES string of the molecule is O=P(O)(O)OO.[Cd]. The molecular formula is H3CdO5P. The fourth-order valence-corrected chi connectivity index (χ4v) is 0. The van der Waals surface area contributed by atoms with Crippen LogP contribution >= 0.6 is 7.82 Å². The third kappa shape index (κ3) is 10.9. The summed E-state index contributed by atoms with van der Waals surface area (Å²) in [5, 5.41) is 7.14. The minimum absolute atomic E-state index is 0. The minimum Gasteiger partial charge on any atom is -0.301 e. The second kappa shape index (κ2) is 3.93. The maximum absolute atomic E-state index is 9.22. The fourth-order valence-electron chi connectivity index (χ4n) is 0. The zero-order valence-electron chi connectivity index (χ0n) is 3.31. The molecule has 7 heteroatoms. The molecule has 0 aliphatic heterocycles. The van der Waals surface area contributed by atoms with Gasteiger partial charge >= 0.3 is 7.82 Å². The average molecular weight is 226 g/mol. The fraction of sp³-hybridized carbons (Fsp3) is 0. The van der Waals surface area contributed by atoms with Crippen LogP contribution in [0.4, 0.5) is 0 Å². The smallest absolute Gasteiger partial charge is 0.301 e. The van der Waals surface area contributed by atoms with Crippen LogP contribution in [0.25, 0.3) is 0 Å². The van der Waals surface area contributed by atoms with Gasteiger partial charge in [-0.15, -0.1) is 4.67 Å². The van der Waals surface area contributed by atoms with Crippen LogP contribution < -0.4 is 0 Å². The monoisotopic (exact) mass is 228 g/mol. The molecule has 40 valence electrons. The summed E-state index contributed by atoms with van der Waals surface area (Å²) >= 11 is 0. The third-order valence-electron chi connectivity index (χ3n) is 0.106. The minimum atomic E-state index is -4.59. The molecule has 0 fully saturated rings. The molecule has 0 aromatic carbocycles. The van der Waals surface area contributed by atoms with Crippen molar-refractivity contribution in [1.82, 2.24) is 0 Å². The molecule has 0 heterocycles. The van der Waals surface area contributed by atoms with Gasteiger partial charge < -0.3 is 9.79 Å². The Kier molecular flexibility index (Phi) is 6.11. The van der Waals surface area contributed by atoms with Crippen molar-refractivity contribution in [2.45, 2.75) is 0 Å². The molecule has 0 radical (unpaired) electrons. The molecule has 7 heavy (non-hydrogen) atoms. The molecule has 0 bridgehead atoms. The molecule has 0 aromatic heterocycles. The van der Waals surface area contributed by atoms with Crippen LogP contribution in [0.2, 0.25) is 0 Å². The summed E-state index contributed by atoms with van der Waals surface area (Å²) in [6, 6.07) is 0. The van der Waals surface area contributed by atoms with E-state index in [1.54, 1.807) is 0 Å². The van der Waals surface area contributed by atoms with E-state index >= 15 is 0 Å². The summed E-state index contributed by atoms with van der Waals surface area (Å²) in [5.74, 6) is 0. The molecule has 0 unspecified atom stereocenters. The van der Waals surface area contributed by atoms with E-state index in [1.807, 2.05) is 0 Å². The van der Waals surface area contributed by atoms with E-state index < -0.39 is 7.82 Å². The van der Waals surface area contributed by atoms with Gasteiger partial charge in [0, 0.05) is 27.3 Å². The van der Waals surface area contributed by atoms with Gasteiger partial charge in [0.2, 0.25) is 0 Å². The van der Waals surface area contributed by atoms with E-state index in [0.29, 0.717) is 0 Å². The van der Waals surface area contributed by atoms with Gasteiger partial charge in [0.05, 0.1) is 0 Å². The molecule has 0 aliphatic carbocycles. The maximum Gasteiger partial charge on any atom is 0.496 e. The van der Waals surface area contributed by atoms with Crippen molar-refractivity contribution in [2.75, 3.05) is 0 Å². The Labute approximate surface area is 59.6 Å². The van der Waals surface area contributed by atoms with Crippen molar-refractivity contribution in [3.63, 3.8) is 0 Å². The summed E-state index contributed by atoms with van der Waals surface area (Å²) < 4.78 is 11.8. The van der Waals surface area contributed by atoms with Crippen LogP contribution in [0.15, 0.2) is 0 Å². The topological polar surface area (TPSA) is 87.0 Å². The Balaban J connectivity index is 0. The molecule has 5 nitrogen and oxygen atoms in total. The Hall–Kier alpha value is 0.992. The first kappa shape index (κ1) is 10.9. The molecule has 0 aliphatic rings. The molecule has 0 aromatic rings. The van der Waals surface area contributed by atoms with Gasteiger partial charge in [0.1, 0.15) is 0 Å². The molecule has 0 saturated carbocycles. The summed E-state index contributed by atoms with van der Waals surface area (Å²) in [7, 11) is -4.59. The Morgan fingerprint density at radius 3 is 1.57 bits per heavy atom. The zero-order valence-corrected chi connectivity index (χ0v) is 8.24. The number of hydrogen-bond donors (Lipinski definition) is 3. The van der Waals surface area contributed by atoms with Crippen molar-refractivity contribution in [3.8, 4) is 0 Å². The van der Waals surface area contributed by atoms with E-state index in [1.165, 1.54) is 0 Å². The van der Waals surface area contributed by atoms with Gasteiger partial charge in [-0.25, -0.2) is 9.82 Å². The molecule has 3 N–H and O–H groups in total. The van der Waals surface area contributed by atoms with Crippen LogP contribution in [0, 0.1) is 0 Å². The van der Waals surface area contributed by atoms with Crippen molar-refractivity contribution >= 4 is 7.82 Å². The van der Waals surface area contributed by atoms with Crippen LogP contribution in [0.3, 0.4) is 0 Å². The average Bonchev–Trinajstić information content (AvgIpc) is 1.35. The van der Waals surface area contributed by atoms with Crippen LogP contribution in [-0.2, 0) is 36.5 Å². The standard InChI is InChI=1S/Cd.H3O5P/c;1-5-6(2,3)4/h;1H,(H2,2,3,4). The van der Waals surface area contributed by atoms with E-state index in [9.17, 15) is 4.57 Å². The van der Waals surface area contributed by atoms with Crippen molar-refractivity contribution in [3.05, 3.63) is 0 Å². The first-order chi connectivity index (χ1) is 2.56. The summed E-state index contributed by atoms with van der Waals surface area (Å²) in [4.78, 5) is 14.9. The first-order valence-electron chi connectivity index (χ1n) is 0.948. The molecule has 0 rings (SSSR count). The van der Waals surface area contributed by atoms with Crippen LogP contribution in [-0.4, -0.2) is 15.0 Å². The third-order valence-corrected chi connectivity index (χ3v) is 0.319. The van der Waals surface area contributed by atoms with Gasteiger partial charge in [-0.3, -0.25) is 0 Å². The maximum atomic E-state index is 9.22. The van der Waals surface area contributed by atoms with Gasteiger partial charge in [-0.05, 0) is 0 Å². The van der Waals surface area contributed by atoms with Crippen LogP contribution in [0.5, 0.6) is 0 Å². The Bertz CT molecular complexity index is 72.1. The van der Waals surface area contributed by atoms with E-state index in [-0.39, 0.29) is 27.3 Å². The molecule has 0 atom stereocenters. The van der Waals surface area contributed by atoms with Gasteiger partial charge in [0.25, 0.3) is 0 Å². The molecule has 0 amide bonds. The molecular weight excluding hydrogens is 223 g/mol. The summed E-state index contributed by atoms with van der Waals surface area (Å²) in [5.41, 5.74) is 0. The van der Waals surface area contributed by atoms with Crippen molar-refractivity contribution in [1.29, 1.82) is 0 Å². The number of phosphoric acid groups is 1. The van der Waals surface area contributed by atoms with E-state index in [0.717, 1.165) is 0 Å². The number of hydrogen-bond acceptors (Lipinski definition) is 3. The van der Waals surface area contributed by atoms with E-state index in [2.05, 4.69) is 4.67 Å². The second-order valence-electron chi connectivity index (χ2n) is 0.572. The van der Waals surface area contributed by atoms with Crippen molar-refractivity contribution in [2.24, 2.45) is 0 Å². The molecule has 0 saturated heterocycles. The van der Waals surface area contributed by atoms with Gasteiger partial charge in [-0.2, -0.15) is 0 Å². The van der Waals surface area contributed by atoms with Gasteiger partial charge in [-0.1, -0.05) is 0 Å². The van der Waals surface area contributed by atoms with E-state index in [4.69, 9.17) is 15.0 Å². The Morgan fingerprint density at radius 2 is 1.57 bits per heavy atom. The summed E-state index contributed by atoms with van der Waals surface area (Å²) in [6.07, 6.45) is 0. The molecule has 0 spiro atoms. The first-order valence-corrected chi connectivity index (χ1v) is 2.48. The Morgan fingerprint density at radius 1 is 1.43 bits per heavy atom. The second-order valence-corrected chi connectivity index (χ2v) is 1.72. The predicted molar refractivity (Wildman–Crippen MR) is 15.8 cm³/mol. The normalized spacial score (nSPS) is 10.1. The van der Waals surface area contributed by atoms with Crippen molar-refractivity contribution < 1.29 is 51.6 Å². The van der Waals surface area contributed by atoms with Gasteiger partial charge in [0.15, 0.2) is 0 Å². The predicted octanol–water partition coefficient (Wildman–Crippen LogP) is -0.434.